The Kier molecular flexibility index (Phi) is 11.4. The van der Waals surface area contributed by atoms with Crippen molar-refractivity contribution in [1.82, 2.24) is 0 Å². The first-order valence-electron chi connectivity index (χ1n) is 13.0. The smallest absolute Gasteiger partial charge is 0.308 e. The van der Waals surface area contributed by atoms with E-state index in [4.69, 9.17) is 28.4 Å². The maximum absolute atomic E-state index is 11.9. The Morgan fingerprint density at radius 3 is 1.90 bits per heavy atom. The Bertz CT molecular complexity index is 1410. The molecule has 0 atom stereocenters. The van der Waals surface area contributed by atoms with Crippen LogP contribution >= 0.6 is 0 Å². The second-order valence-corrected chi connectivity index (χ2v) is 8.93. The number of ether oxygens (including phenoxy) is 7. The lowest BCUT2D eigenvalue weighted by atomic mass is 9.99. The first kappa shape index (κ1) is 31.6. The Hall–Kier alpha value is -4.93. The van der Waals surface area contributed by atoms with Gasteiger partial charge in [0.05, 0.1) is 66.7 Å². The van der Waals surface area contributed by atoms with Gasteiger partial charge in [0.25, 0.3) is 5.69 Å². The van der Waals surface area contributed by atoms with Crippen molar-refractivity contribution in [2.24, 2.45) is 0 Å². The van der Waals surface area contributed by atoms with Gasteiger partial charge in [-0.25, -0.2) is 0 Å². The molecule has 0 aromatic heterocycles. The molecule has 11 nitrogen and oxygen atoms in total. The summed E-state index contributed by atoms with van der Waals surface area (Å²) in [5.41, 5.74) is 2.98. The zero-order valence-corrected chi connectivity index (χ0v) is 24.6. The Balaban J connectivity index is 1.86. The normalized spacial score (nSPS) is 10.7. The minimum atomic E-state index is -0.463. The number of esters is 1. The first-order chi connectivity index (χ1) is 20.3. The van der Waals surface area contributed by atoms with E-state index in [1.54, 1.807) is 34.5 Å². The van der Waals surface area contributed by atoms with E-state index in [0.717, 1.165) is 16.7 Å². The lowest BCUT2D eigenvalue weighted by Gasteiger charge is -2.14. The number of hydrogen-bond acceptors (Lipinski definition) is 10. The average molecular weight is 582 g/mol. The van der Waals surface area contributed by atoms with Crippen LogP contribution in [0.1, 0.15) is 28.7 Å². The van der Waals surface area contributed by atoms with Gasteiger partial charge in [-0.15, -0.1) is 0 Å². The highest BCUT2D eigenvalue weighted by molar-refractivity contribution is 5.73. The van der Waals surface area contributed by atoms with E-state index in [9.17, 15) is 14.9 Å². The fourth-order valence-electron chi connectivity index (χ4n) is 4.34. The highest BCUT2D eigenvalue weighted by atomic mass is 16.6. The Morgan fingerprint density at radius 1 is 0.714 bits per heavy atom. The minimum absolute atomic E-state index is 0.000656. The molecule has 0 fully saturated rings. The number of carbonyl (C=O) groups excluding carboxylic acids is 1. The number of hydrogen-bond donors (Lipinski definition) is 0. The van der Waals surface area contributed by atoms with Crippen molar-refractivity contribution >= 4 is 23.8 Å². The average Bonchev–Trinajstić information content (AvgIpc) is 3.01. The molecule has 0 spiro atoms. The standard InChI is InChI=1S/C31H35NO10/c1-36-25-12-9-20(7-8-21-16-28(38-3)31(41-6)29(17-21)39-4)15-23(25)11-10-22-18-26(37-2)27(19-24(22)32(34)35)42-14-13-30(33)40-5/h7-9,12,15-19H,10-11,13-14H2,1-6H3. The van der Waals surface area contributed by atoms with E-state index in [1.165, 1.54) is 20.3 Å². The van der Waals surface area contributed by atoms with E-state index >= 15 is 0 Å². The molecule has 0 saturated carbocycles. The van der Waals surface area contributed by atoms with Gasteiger partial charge in [-0.2, -0.15) is 0 Å². The van der Waals surface area contributed by atoms with Crippen molar-refractivity contribution < 1.29 is 42.9 Å². The van der Waals surface area contributed by atoms with Gasteiger partial charge in [-0.05, 0) is 59.9 Å². The molecule has 0 aliphatic heterocycles. The van der Waals surface area contributed by atoms with Gasteiger partial charge in [0, 0.05) is 5.56 Å². The third-order valence-corrected chi connectivity index (χ3v) is 6.48. The van der Waals surface area contributed by atoms with Crippen molar-refractivity contribution in [3.8, 4) is 34.5 Å². The third-order valence-electron chi connectivity index (χ3n) is 6.48. The molecule has 0 amide bonds. The van der Waals surface area contributed by atoms with Crippen LogP contribution in [-0.4, -0.2) is 60.2 Å². The summed E-state index contributed by atoms with van der Waals surface area (Å²) in [6.07, 6.45) is 4.66. The summed E-state index contributed by atoms with van der Waals surface area (Å²) in [4.78, 5) is 22.9. The molecular formula is C31H35NO10. The number of rotatable bonds is 15. The fraction of sp³-hybridized carbons (Fsp3) is 0.323. The molecule has 0 aliphatic carbocycles. The Morgan fingerprint density at radius 2 is 1.33 bits per heavy atom. The third kappa shape index (κ3) is 7.84. The van der Waals surface area contributed by atoms with Crippen molar-refractivity contribution in [2.45, 2.75) is 19.3 Å². The number of methoxy groups -OCH3 is 6. The summed E-state index contributed by atoms with van der Waals surface area (Å²) in [6, 6.07) is 12.3. The van der Waals surface area contributed by atoms with Crippen LogP contribution in [0.4, 0.5) is 5.69 Å². The van der Waals surface area contributed by atoms with Gasteiger partial charge >= 0.3 is 5.97 Å². The molecule has 3 aromatic carbocycles. The van der Waals surface area contributed by atoms with Gasteiger partial charge in [-0.1, -0.05) is 18.2 Å². The molecule has 0 N–H and O–H groups in total. The second kappa shape index (κ2) is 15.2. The maximum atomic E-state index is 11.9. The van der Waals surface area contributed by atoms with E-state index in [0.29, 0.717) is 47.2 Å². The number of nitro benzene ring substituents is 1. The number of carbonyl (C=O) groups is 1. The summed E-state index contributed by atoms with van der Waals surface area (Å²) in [5, 5.41) is 11.9. The quantitative estimate of drug-likeness (QED) is 0.0978. The highest BCUT2D eigenvalue weighted by Gasteiger charge is 2.21. The van der Waals surface area contributed by atoms with Gasteiger partial charge < -0.3 is 33.2 Å². The molecule has 42 heavy (non-hydrogen) atoms. The Labute approximate surface area is 244 Å². The number of benzene rings is 3. The predicted octanol–water partition coefficient (Wildman–Crippen LogP) is 5.54. The van der Waals surface area contributed by atoms with Crippen LogP contribution in [0.5, 0.6) is 34.5 Å². The van der Waals surface area contributed by atoms with Gasteiger partial charge in [-0.3, -0.25) is 14.9 Å². The topological polar surface area (TPSA) is 125 Å². The largest absolute Gasteiger partial charge is 0.496 e. The molecule has 3 aromatic rings. The van der Waals surface area contributed by atoms with Crippen molar-refractivity contribution in [3.63, 3.8) is 0 Å². The maximum Gasteiger partial charge on any atom is 0.308 e. The SMILES string of the molecule is COC(=O)CCOc1cc([N+](=O)[O-])c(CCc2cc(C=Cc3cc(OC)c(OC)c(OC)c3)ccc2OC)cc1OC. The molecule has 0 heterocycles. The van der Waals surface area contributed by atoms with Crippen LogP contribution in [0.15, 0.2) is 42.5 Å². The summed E-state index contributed by atoms with van der Waals surface area (Å²) < 4.78 is 37.4. The summed E-state index contributed by atoms with van der Waals surface area (Å²) in [6.45, 7) is -0.00681. The van der Waals surface area contributed by atoms with Crippen molar-refractivity contribution in [2.75, 3.05) is 49.3 Å². The lowest BCUT2D eigenvalue weighted by molar-refractivity contribution is -0.385. The monoisotopic (exact) mass is 581 g/mol. The van der Waals surface area contributed by atoms with Crippen molar-refractivity contribution in [3.05, 3.63) is 74.8 Å². The van der Waals surface area contributed by atoms with Crippen molar-refractivity contribution in [1.29, 1.82) is 0 Å². The van der Waals surface area contributed by atoms with E-state index < -0.39 is 10.9 Å². The number of nitro groups is 1. The fourth-order valence-corrected chi connectivity index (χ4v) is 4.34. The zero-order valence-electron chi connectivity index (χ0n) is 24.6. The molecule has 0 bridgehead atoms. The van der Waals surface area contributed by atoms with Gasteiger partial charge in [0.2, 0.25) is 5.75 Å². The van der Waals surface area contributed by atoms with Crippen LogP contribution < -0.4 is 28.4 Å². The van der Waals surface area contributed by atoms with E-state index in [1.807, 2.05) is 42.5 Å². The lowest BCUT2D eigenvalue weighted by Crippen LogP contribution is -2.09. The van der Waals surface area contributed by atoms with Crippen LogP contribution in [0.2, 0.25) is 0 Å². The van der Waals surface area contributed by atoms with Gasteiger partial charge in [0.1, 0.15) is 5.75 Å². The number of aryl methyl sites for hydroxylation is 2. The van der Waals surface area contributed by atoms with Crippen LogP contribution in [0.25, 0.3) is 12.2 Å². The molecule has 3 rings (SSSR count). The molecule has 0 radical (unpaired) electrons. The summed E-state index contributed by atoms with van der Waals surface area (Å²) in [7, 11) is 8.98. The van der Waals surface area contributed by atoms with E-state index in [2.05, 4.69) is 4.74 Å². The summed E-state index contributed by atoms with van der Waals surface area (Å²) in [5.74, 6) is 2.32. The highest BCUT2D eigenvalue weighted by Crippen LogP contribution is 2.39. The second-order valence-electron chi connectivity index (χ2n) is 8.93. The summed E-state index contributed by atoms with van der Waals surface area (Å²) >= 11 is 0. The molecule has 0 aliphatic rings. The van der Waals surface area contributed by atoms with Crippen LogP contribution in [0, 0.1) is 10.1 Å². The zero-order chi connectivity index (χ0) is 30.6. The minimum Gasteiger partial charge on any atom is -0.496 e. The van der Waals surface area contributed by atoms with Crippen LogP contribution in [-0.2, 0) is 22.4 Å². The van der Waals surface area contributed by atoms with E-state index in [-0.39, 0.29) is 24.5 Å². The number of nitrogens with zero attached hydrogens (tertiary/aromatic N) is 1. The first-order valence-corrected chi connectivity index (χ1v) is 13.0. The predicted molar refractivity (Wildman–Crippen MR) is 157 cm³/mol. The molecule has 0 saturated heterocycles. The molecule has 0 unspecified atom stereocenters. The van der Waals surface area contributed by atoms with Gasteiger partial charge in [0.15, 0.2) is 23.0 Å². The molecule has 224 valence electrons. The van der Waals surface area contributed by atoms with Crippen LogP contribution in [0.3, 0.4) is 0 Å². The molecular weight excluding hydrogens is 546 g/mol. The molecule has 11 heteroatoms.